The summed E-state index contributed by atoms with van der Waals surface area (Å²) in [6.45, 7) is 4.59. The van der Waals surface area contributed by atoms with Crippen LogP contribution in [0.15, 0.2) is 0 Å². The second-order valence-electron chi connectivity index (χ2n) is 6.66. The van der Waals surface area contributed by atoms with Crippen LogP contribution in [-0.2, 0) is 0 Å². The Morgan fingerprint density at radius 3 is 0.571 bits per heavy atom. The molecule has 0 aliphatic carbocycles. The van der Waals surface area contributed by atoms with Crippen LogP contribution in [0.3, 0.4) is 0 Å². The smallest absolute Gasteiger partial charge is 0.0533 e. The molecule has 0 N–H and O–H groups in total. The van der Waals surface area contributed by atoms with E-state index in [-0.39, 0.29) is 12.4 Å². The third-order valence-corrected chi connectivity index (χ3v) is 4.46. The molecule has 130 valence electrons. The molecule has 0 aliphatic rings. The molecule has 0 spiro atoms. The summed E-state index contributed by atoms with van der Waals surface area (Å²) >= 11 is 0. The third kappa shape index (κ3) is 22.7. The Kier molecular flexibility index (Phi) is 25.3. The van der Waals surface area contributed by atoms with E-state index in [1.165, 1.54) is 116 Å². The molecule has 0 bridgehead atoms. The lowest BCUT2D eigenvalue weighted by Crippen LogP contribution is -1.83. The average Bonchev–Trinajstić information content (AvgIpc) is 2.47. The molecule has 0 fully saturated rings. The Bertz CT molecular complexity index is 138. The van der Waals surface area contributed by atoms with Crippen LogP contribution in [0, 0.1) is 0 Å². The fraction of sp³-hybridized carbons (Fsp3) is 1.00. The molecule has 21 heavy (non-hydrogen) atoms. The van der Waals surface area contributed by atoms with Gasteiger partial charge in [0.15, 0.2) is 0 Å². The number of halogens is 1. The van der Waals surface area contributed by atoms with E-state index in [2.05, 4.69) is 13.8 Å². The van der Waals surface area contributed by atoms with Gasteiger partial charge in [-0.2, -0.15) is 0 Å². The molecule has 0 aromatic carbocycles. The lowest BCUT2D eigenvalue weighted by molar-refractivity contribution is 0.526. The maximum atomic E-state index is 2.30. The summed E-state index contributed by atoms with van der Waals surface area (Å²) in [4.78, 5) is 0. The van der Waals surface area contributed by atoms with E-state index in [9.17, 15) is 0 Å². The molecule has 0 aromatic heterocycles. The summed E-state index contributed by atoms with van der Waals surface area (Å²) in [6.07, 6.45) is 26.4. The zero-order valence-electron chi connectivity index (χ0n) is 15.1. The summed E-state index contributed by atoms with van der Waals surface area (Å²) in [6, 6.07) is 0. The van der Waals surface area contributed by atoms with E-state index in [1.54, 1.807) is 0 Å². The van der Waals surface area contributed by atoms with Gasteiger partial charge in [0.05, 0.1) is 0 Å². The highest BCUT2D eigenvalue weighted by Gasteiger charge is 1.94. The van der Waals surface area contributed by atoms with Crippen LogP contribution in [-0.4, -0.2) is 0 Å². The zero-order chi connectivity index (χ0) is 14.7. The quantitative estimate of drug-likeness (QED) is 0.236. The Labute approximate surface area is 142 Å². The van der Waals surface area contributed by atoms with Gasteiger partial charge >= 0.3 is 0 Å². The van der Waals surface area contributed by atoms with Crippen LogP contribution in [0.4, 0.5) is 0 Å². The van der Waals surface area contributed by atoms with Crippen LogP contribution >= 0.6 is 12.4 Å². The molecule has 0 unspecified atom stereocenters. The van der Waals surface area contributed by atoms with Crippen molar-refractivity contribution in [3.05, 3.63) is 0 Å². The van der Waals surface area contributed by atoms with Gasteiger partial charge in [-0.1, -0.05) is 129 Å². The van der Waals surface area contributed by atoms with Crippen LogP contribution in [0.25, 0.3) is 0 Å². The molecule has 0 heterocycles. The van der Waals surface area contributed by atoms with Gasteiger partial charge in [0.2, 0.25) is 0 Å². The molecule has 0 atom stereocenters. The van der Waals surface area contributed by atoms with Crippen molar-refractivity contribution < 1.29 is 0 Å². The summed E-state index contributed by atoms with van der Waals surface area (Å²) in [5.41, 5.74) is 0. The van der Waals surface area contributed by atoms with Gasteiger partial charge in [-0.25, -0.2) is 0 Å². The molecule has 1 heteroatoms. The zero-order valence-corrected chi connectivity index (χ0v) is 16.0. The van der Waals surface area contributed by atoms with Crippen molar-refractivity contribution in [3.63, 3.8) is 0 Å². The van der Waals surface area contributed by atoms with Crippen LogP contribution in [0.1, 0.15) is 129 Å². The fourth-order valence-corrected chi connectivity index (χ4v) is 2.97. The Morgan fingerprint density at radius 2 is 0.429 bits per heavy atom. The first-order valence-electron chi connectivity index (χ1n) is 9.91. The predicted molar refractivity (Wildman–Crippen MR) is 102 cm³/mol. The van der Waals surface area contributed by atoms with E-state index in [1.807, 2.05) is 0 Å². The molecule has 0 rings (SSSR count). The second kappa shape index (κ2) is 22.6. The molecular weight excluding hydrogens is 276 g/mol. The first-order chi connectivity index (χ1) is 9.91. The number of hydrogen-bond donors (Lipinski definition) is 0. The largest absolute Gasteiger partial charge is 0.147 e. The van der Waals surface area contributed by atoms with Crippen LogP contribution < -0.4 is 0 Å². The van der Waals surface area contributed by atoms with E-state index in [0.29, 0.717) is 0 Å². The lowest BCUT2D eigenvalue weighted by atomic mass is 10.0. The minimum absolute atomic E-state index is 0. The topological polar surface area (TPSA) is 0 Å². The van der Waals surface area contributed by atoms with Crippen molar-refractivity contribution in [1.29, 1.82) is 0 Å². The van der Waals surface area contributed by atoms with Gasteiger partial charge in [-0.15, -0.1) is 12.4 Å². The average molecular weight is 319 g/mol. The van der Waals surface area contributed by atoms with Crippen molar-refractivity contribution >= 4 is 12.4 Å². The standard InChI is InChI=1S/C20H42.ClH/c1-3-5-7-9-11-13-15-17-19-20-18-16-14-12-10-8-6-4-2;/h3-20H2,1-2H3;1H. The normalized spacial score (nSPS) is 10.6. The van der Waals surface area contributed by atoms with E-state index in [0.717, 1.165) is 0 Å². The van der Waals surface area contributed by atoms with Crippen molar-refractivity contribution in [3.8, 4) is 0 Å². The van der Waals surface area contributed by atoms with Gasteiger partial charge in [0, 0.05) is 0 Å². The van der Waals surface area contributed by atoms with Crippen molar-refractivity contribution in [2.75, 3.05) is 0 Å². The van der Waals surface area contributed by atoms with Gasteiger partial charge in [0.1, 0.15) is 0 Å². The Morgan fingerprint density at radius 1 is 0.286 bits per heavy atom. The monoisotopic (exact) mass is 318 g/mol. The van der Waals surface area contributed by atoms with Gasteiger partial charge in [-0.05, 0) is 0 Å². The molecular formula is C20H43Cl. The molecule has 0 radical (unpaired) electrons. The van der Waals surface area contributed by atoms with Gasteiger partial charge < -0.3 is 0 Å². The Hall–Kier alpha value is 0.290. The van der Waals surface area contributed by atoms with Gasteiger partial charge in [-0.3, -0.25) is 0 Å². The summed E-state index contributed by atoms with van der Waals surface area (Å²) in [5, 5.41) is 0. The lowest BCUT2D eigenvalue weighted by Gasteiger charge is -2.03. The van der Waals surface area contributed by atoms with Crippen molar-refractivity contribution in [2.45, 2.75) is 129 Å². The molecule has 0 nitrogen and oxygen atoms in total. The maximum Gasteiger partial charge on any atom is -0.0533 e. The highest BCUT2D eigenvalue weighted by atomic mass is 35.5. The molecule has 0 amide bonds. The molecule has 0 saturated heterocycles. The molecule has 0 aromatic rings. The number of hydrogen-bond acceptors (Lipinski definition) is 0. The molecule has 0 saturated carbocycles. The van der Waals surface area contributed by atoms with E-state index in [4.69, 9.17) is 0 Å². The highest BCUT2D eigenvalue weighted by molar-refractivity contribution is 5.85. The minimum atomic E-state index is 0. The first-order valence-corrected chi connectivity index (χ1v) is 9.91. The van der Waals surface area contributed by atoms with Gasteiger partial charge in [0.25, 0.3) is 0 Å². The fourth-order valence-electron chi connectivity index (χ4n) is 2.97. The highest BCUT2D eigenvalue weighted by Crippen LogP contribution is 2.14. The van der Waals surface area contributed by atoms with Crippen LogP contribution in [0.5, 0.6) is 0 Å². The number of rotatable bonds is 17. The number of unbranched alkanes of at least 4 members (excludes halogenated alkanes) is 17. The van der Waals surface area contributed by atoms with E-state index < -0.39 is 0 Å². The third-order valence-electron chi connectivity index (χ3n) is 4.46. The van der Waals surface area contributed by atoms with Crippen LogP contribution in [0.2, 0.25) is 0 Å². The summed E-state index contributed by atoms with van der Waals surface area (Å²) in [7, 11) is 0. The van der Waals surface area contributed by atoms with Crippen molar-refractivity contribution in [1.82, 2.24) is 0 Å². The van der Waals surface area contributed by atoms with E-state index >= 15 is 0 Å². The summed E-state index contributed by atoms with van der Waals surface area (Å²) in [5.74, 6) is 0. The predicted octanol–water partition coefficient (Wildman–Crippen LogP) is 8.47. The maximum absolute atomic E-state index is 2.30. The van der Waals surface area contributed by atoms with Crippen molar-refractivity contribution in [2.24, 2.45) is 0 Å². The minimum Gasteiger partial charge on any atom is -0.147 e. The first kappa shape index (κ1) is 23.6. The summed E-state index contributed by atoms with van der Waals surface area (Å²) < 4.78 is 0. The Balaban J connectivity index is 0. The SMILES string of the molecule is CCCCCCCCCCCCCCCCCCCC.Cl. The molecule has 0 aliphatic heterocycles. The second-order valence-corrected chi connectivity index (χ2v) is 6.66.